The Labute approximate surface area is 128 Å². The highest BCUT2D eigenvalue weighted by molar-refractivity contribution is 14.0. The molecule has 1 saturated heterocycles. The number of rotatable bonds is 6. The number of hydrogen-bond acceptors (Lipinski definition) is 2. The van der Waals surface area contributed by atoms with Crippen LogP contribution in [0.1, 0.15) is 39.0 Å². The van der Waals surface area contributed by atoms with Crippen molar-refractivity contribution in [2.45, 2.75) is 45.1 Å². The van der Waals surface area contributed by atoms with Crippen LogP contribution in [-0.2, 0) is 0 Å². The summed E-state index contributed by atoms with van der Waals surface area (Å²) in [6.07, 6.45) is 6.65. The first-order chi connectivity index (χ1) is 8.29. The van der Waals surface area contributed by atoms with Crippen LogP contribution in [0.5, 0.6) is 0 Å². The predicted octanol–water partition coefficient (Wildman–Crippen LogP) is 1.79. The van der Waals surface area contributed by atoms with E-state index < -0.39 is 0 Å². The number of nitrogens with two attached hydrogens (primary N) is 1. The monoisotopic (exact) mass is 366 g/mol. The van der Waals surface area contributed by atoms with Crippen LogP contribution in [0.15, 0.2) is 4.99 Å². The summed E-state index contributed by atoms with van der Waals surface area (Å²) < 4.78 is 0. The van der Waals surface area contributed by atoms with Crippen molar-refractivity contribution in [2.75, 3.05) is 26.2 Å². The topological polar surface area (TPSA) is 53.6 Å². The van der Waals surface area contributed by atoms with Gasteiger partial charge in [0.05, 0.1) is 6.54 Å². The van der Waals surface area contributed by atoms with Crippen LogP contribution < -0.4 is 11.1 Å². The van der Waals surface area contributed by atoms with E-state index in [1.807, 2.05) is 0 Å². The van der Waals surface area contributed by atoms with E-state index in [-0.39, 0.29) is 24.0 Å². The van der Waals surface area contributed by atoms with E-state index in [0.717, 1.165) is 25.6 Å². The van der Waals surface area contributed by atoms with Gasteiger partial charge in [-0.05, 0) is 38.3 Å². The van der Waals surface area contributed by atoms with Crippen LogP contribution in [-0.4, -0.2) is 43.1 Å². The highest BCUT2D eigenvalue weighted by Gasteiger charge is 2.22. The minimum absolute atomic E-state index is 0. The van der Waals surface area contributed by atoms with Gasteiger partial charge in [-0.2, -0.15) is 0 Å². The van der Waals surface area contributed by atoms with Gasteiger partial charge in [0.1, 0.15) is 0 Å². The second kappa shape index (κ2) is 8.19. The Kier molecular flexibility index (Phi) is 7.29. The zero-order chi connectivity index (χ0) is 12.1. The molecule has 1 aliphatic heterocycles. The summed E-state index contributed by atoms with van der Waals surface area (Å²) in [6.45, 7) is 6.43. The molecular formula is C13H27IN4. The molecule has 106 valence electrons. The molecule has 2 rings (SSSR count). The van der Waals surface area contributed by atoms with Crippen molar-refractivity contribution in [2.24, 2.45) is 16.6 Å². The van der Waals surface area contributed by atoms with E-state index in [4.69, 9.17) is 5.73 Å². The molecule has 5 heteroatoms. The number of likely N-dealkylation sites (tertiary alicyclic amines) is 1. The maximum atomic E-state index is 5.87. The third-order valence-corrected chi connectivity index (χ3v) is 3.93. The molecule has 1 saturated carbocycles. The Morgan fingerprint density at radius 2 is 2.17 bits per heavy atom. The molecule has 4 nitrogen and oxygen atoms in total. The van der Waals surface area contributed by atoms with Crippen LogP contribution in [0.2, 0.25) is 0 Å². The lowest BCUT2D eigenvalue weighted by Crippen LogP contribution is -2.36. The van der Waals surface area contributed by atoms with Crippen molar-refractivity contribution in [1.29, 1.82) is 0 Å². The second-order valence-corrected chi connectivity index (χ2v) is 5.31. The summed E-state index contributed by atoms with van der Waals surface area (Å²) in [7, 11) is 0. The zero-order valence-electron chi connectivity index (χ0n) is 11.4. The first-order valence-electron chi connectivity index (χ1n) is 7.07. The Hall–Kier alpha value is -0.0400. The number of nitrogens with one attached hydrogen (secondary N) is 1. The van der Waals surface area contributed by atoms with Crippen LogP contribution >= 0.6 is 24.0 Å². The van der Waals surface area contributed by atoms with Gasteiger partial charge in [0.2, 0.25) is 0 Å². The number of halogens is 1. The van der Waals surface area contributed by atoms with Gasteiger partial charge in [-0.3, -0.25) is 9.89 Å². The van der Waals surface area contributed by atoms with Crippen molar-refractivity contribution in [1.82, 2.24) is 10.2 Å². The first-order valence-corrected chi connectivity index (χ1v) is 7.07. The van der Waals surface area contributed by atoms with E-state index in [1.165, 1.54) is 38.6 Å². The molecular weight excluding hydrogens is 339 g/mol. The van der Waals surface area contributed by atoms with Crippen LogP contribution in [0.25, 0.3) is 0 Å². The average Bonchev–Trinajstić information content (AvgIpc) is 3.03. The molecule has 2 aliphatic rings. The van der Waals surface area contributed by atoms with Crippen molar-refractivity contribution < 1.29 is 0 Å². The molecule has 0 aromatic heterocycles. The minimum Gasteiger partial charge on any atom is -0.370 e. The molecule has 0 radical (unpaired) electrons. The van der Waals surface area contributed by atoms with Gasteiger partial charge in [-0.1, -0.05) is 19.8 Å². The minimum atomic E-state index is 0. The van der Waals surface area contributed by atoms with Gasteiger partial charge in [0, 0.05) is 12.6 Å². The molecule has 1 heterocycles. The van der Waals surface area contributed by atoms with E-state index >= 15 is 0 Å². The molecule has 0 amide bonds. The molecule has 1 atom stereocenters. The predicted molar refractivity (Wildman–Crippen MR) is 87.5 cm³/mol. The molecule has 0 aromatic rings. The van der Waals surface area contributed by atoms with Crippen molar-refractivity contribution in [3.05, 3.63) is 0 Å². The standard InChI is InChI=1S/C13H26N4.HI/c1-2-17-9-3-4-12(17)10-16-13(14)15-8-7-11-5-6-11;/h11-12H,2-10H2,1H3,(H3,14,15,16);1H. The molecule has 3 N–H and O–H groups in total. The largest absolute Gasteiger partial charge is 0.370 e. The molecule has 2 fully saturated rings. The summed E-state index contributed by atoms with van der Waals surface area (Å²) in [5, 5.41) is 3.22. The number of nitrogens with zero attached hydrogens (tertiary/aromatic N) is 2. The molecule has 1 aliphatic carbocycles. The van der Waals surface area contributed by atoms with E-state index in [9.17, 15) is 0 Å². The van der Waals surface area contributed by atoms with Gasteiger partial charge >= 0.3 is 0 Å². The van der Waals surface area contributed by atoms with Crippen molar-refractivity contribution in [3.63, 3.8) is 0 Å². The fraction of sp³-hybridized carbons (Fsp3) is 0.923. The summed E-state index contributed by atoms with van der Waals surface area (Å²) in [6, 6.07) is 0.615. The lowest BCUT2D eigenvalue weighted by molar-refractivity contribution is 0.273. The molecule has 18 heavy (non-hydrogen) atoms. The third kappa shape index (κ3) is 5.30. The lowest BCUT2D eigenvalue weighted by Gasteiger charge is -2.20. The third-order valence-electron chi connectivity index (χ3n) is 3.93. The smallest absolute Gasteiger partial charge is 0.188 e. The van der Waals surface area contributed by atoms with Gasteiger partial charge in [0.25, 0.3) is 0 Å². The number of likely N-dealkylation sites (N-methyl/N-ethyl adjacent to an activating group) is 1. The normalized spacial score (nSPS) is 24.9. The average molecular weight is 366 g/mol. The fourth-order valence-corrected chi connectivity index (χ4v) is 2.59. The van der Waals surface area contributed by atoms with Crippen molar-refractivity contribution in [3.8, 4) is 0 Å². The lowest BCUT2D eigenvalue weighted by atomic mass is 10.2. The Bertz CT molecular complexity index is 266. The first kappa shape index (κ1) is 16.0. The van der Waals surface area contributed by atoms with Crippen molar-refractivity contribution >= 4 is 29.9 Å². The highest BCUT2D eigenvalue weighted by atomic mass is 127. The Morgan fingerprint density at radius 3 is 2.83 bits per heavy atom. The molecule has 1 unspecified atom stereocenters. The van der Waals surface area contributed by atoms with Gasteiger partial charge < -0.3 is 11.1 Å². The van der Waals surface area contributed by atoms with E-state index in [0.29, 0.717) is 12.0 Å². The molecule has 0 bridgehead atoms. The maximum absolute atomic E-state index is 5.87. The number of aliphatic imine (C=N–C) groups is 1. The summed E-state index contributed by atoms with van der Waals surface area (Å²) >= 11 is 0. The quantitative estimate of drug-likeness (QED) is 0.428. The van der Waals surface area contributed by atoms with Crippen LogP contribution in [0, 0.1) is 5.92 Å². The summed E-state index contributed by atoms with van der Waals surface area (Å²) in [5.74, 6) is 1.59. The highest BCUT2D eigenvalue weighted by Crippen LogP contribution is 2.31. The van der Waals surface area contributed by atoms with Gasteiger partial charge in [-0.15, -0.1) is 24.0 Å². The summed E-state index contributed by atoms with van der Waals surface area (Å²) in [4.78, 5) is 6.96. The Morgan fingerprint density at radius 1 is 1.39 bits per heavy atom. The second-order valence-electron chi connectivity index (χ2n) is 5.31. The van der Waals surface area contributed by atoms with Crippen LogP contribution in [0.3, 0.4) is 0 Å². The maximum Gasteiger partial charge on any atom is 0.188 e. The Balaban J connectivity index is 0.00000162. The zero-order valence-corrected chi connectivity index (χ0v) is 13.7. The number of guanidine groups is 1. The molecule has 0 aromatic carbocycles. The number of hydrogen-bond donors (Lipinski definition) is 2. The SMILES string of the molecule is CCN1CCCC1CN=C(N)NCCC1CC1.I. The van der Waals surface area contributed by atoms with Gasteiger partial charge in [0.15, 0.2) is 5.96 Å². The molecule has 0 spiro atoms. The van der Waals surface area contributed by atoms with E-state index in [1.54, 1.807) is 0 Å². The van der Waals surface area contributed by atoms with Crippen LogP contribution in [0.4, 0.5) is 0 Å². The summed E-state index contributed by atoms with van der Waals surface area (Å²) in [5.41, 5.74) is 5.87. The van der Waals surface area contributed by atoms with E-state index in [2.05, 4.69) is 22.1 Å². The fourth-order valence-electron chi connectivity index (χ4n) is 2.59. The van der Waals surface area contributed by atoms with Gasteiger partial charge in [-0.25, -0.2) is 0 Å².